The number of hydrogen-bond donors (Lipinski definition) is 1. The number of tetrazole rings is 1. The first-order chi connectivity index (χ1) is 10.1. The molecule has 0 amide bonds. The van der Waals surface area contributed by atoms with Gasteiger partial charge >= 0.3 is 0 Å². The summed E-state index contributed by atoms with van der Waals surface area (Å²) in [5.41, 5.74) is 8.27. The van der Waals surface area contributed by atoms with Gasteiger partial charge in [-0.3, -0.25) is 0 Å². The van der Waals surface area contributed by atoms with E-state index in [1.54, 1.807) is 24.3 Å². The van der Waals surface area contributed by atoms with Crippen molar-refractivity contribution in [3.05, 3.63) is 52.8 Å². The third-order valence-corrected chi connectivity index (χ3v) is 3.54. The first kappa shape index (κ1) is 13.5. The molecule has 0 spiro atoms. The molecule has 1 heterocycles. The molecule has 0 unspecified atom stereocenters. The molecule has 7 heteroatoms. The molecule has 0 bridgehead atoms. The Labute approximate surface area is 125 Å². The van der Waals surface area contributed by atoms with E-state index < -0.39 is 5.82 Å². The lowest BCUT2D eigenvalue weighted by Gasteiger charge is -2.09. The molecule has 1 aromatic heterocycles. The minimum Gasteiger partial charge on any atom is -0.398 e. The summed E-state index contributed by atoms with van der Waals surface area (Å²) >= 11 is 5.81. The van der Waals surface area contributed by atoms with Crippen LogP contribution in [0.15, 0.2) is 36.4 Å². The lowest BCUT2D eigenvalue weighted by Crippen LogP contribution is -2.04. The van der Waals surface area contributed by atoms with Crippen molar-refractivity contribution in [3.63, 3.8) is 0 Å². The van der Waals surface area contributed by atoms with E-state index in [4.69, 9.17) is 17.3 Å². The fourth-order valence-corrected chi connectivity index (χ4v) is 2.24. The average Bonchev–Trinajstić information content (AvgIpc) is 2.94. The van der Waals surface area contributed by atoms with E-state index in [1.165, 1.54) is 10.7 Å². The number of nitrogens with two attached hydrogens (primary N) is 1. The number of halogens is 2. The average molecular weight is 304 g/mol. The van der Waals surface area contributed by atoms with Gasteiger partial charge in [-0.2, -0.15) is 4.68 Å². The van der Waals surface area contributed by atoms with Crippen molar-refractivity contribution in [3.8, 4) is 17.1 Å². The van der Waals surface area contributed by atoms with Gasteiger partial charge in [0.2, 0.25) is 0 Å². The molecule has 0 saturated heterocycles. The molecular weight excluding hydrogens is 293 g/mol. The topological polar surface area (TPSA) is 69.6 Å². The molecule has 0 saturated carbocycles. The fraction of sp³-hybridized carbons (Fsp3) is 0.0714. The zero-order valence-electron chi connectivity index (χ0n) is 11.1. The van der Waals surface area contributed by atoms with Crippen LogP contribution in [0.25, 0.3) is 17.1 Å². The molecule has 0 aliphatic rings. The van der Waals surface area contributed by atoms with Gasteiger partial charge in [-0.05, 0) is 41.1 Å². The van der Waals surface area contributed by atoms with Crippen molar-refractivity contribution in [1.82, 2.24) is 20.2 Å². The maximum atomic E-state index is 14.2. The fourth-order valence-electron chi connectivity index (χ4n) is 2.07. The number of benzene rings is 2. The second-order valence-corrected chi connectivity index (χ2v) is 4.91. The molecule has 3 aromatic rings. The van der Waals surface area contributed by atoms with Crippen molar-refractivity contribution >= 4 is 17.3 Å². The summed E-state index contributed by atoms with van der Waals surface area (Å²) in [5, 5.41) is 11.5. The minimum absolute atomic E-state index is 0.0123. The highest BCUT2D eigenvalue weighted by Gasteiger charge is 2.17. The summed E-state index contributed by atoms with van der Waals surface area (Å²) in [6.45, 7) is 1.86. The second-order valence-electron chi connectivity index (χ2n) is 4.51. The van der Waals surface area contributed by atoms with E-state index in [9.17, 15) is 4.39 Å². The molecule has 3 rings (SSSR count). The molecule has 106 valence electrons. The van der Waals surface area contributed by atoms with Crippen LogP contribution in [-0.4, -0.2) is 20.2 Å². The van der Waals surface area contributed by atoms with Gasteiger partial charge in [0.25, 0.3) is 0 Å². The van der Waals surface area contributed by atoms with Crippen LogP contribution in [-0.2, 0) is 0 Å². The van der Waals surface area contributed by atoms with Crippen LogP contribution in [0, 0.1) is 12.7 Å². The Morgan fingerprint density at radius 3 is 2.76 bits per heavy atom. The molecule has 5 nitrogen and oxygen atoms in total. The van der Waals surface area contributed by atoms with Crippen LogP contribution in [0.3, 0.4) is 0 Å². The van der Waals surface area contributed by atoms with Crippen molar-refractivity contribution in [2.75, 3.05) is 5.73 Å². The molecular formula is C14H11ClFN5. The Morgan fingerprint density at radius 1 is 1.19 bits per heavy atom. The predicted molar refractivity (Wildman–Crippen MR) is 78.7 cm³/mol. The number of anilines is 1. The number of hydrogen-bond acceptors (Lipinski definition) is 4. The van der Waals surface area contributed by atoms with Crippen molar-refractivity contribution in [2.24, 2.45) is 0 Å². The van der Waals surface area contributed by atoms with Crippen LogP contribution >= 0.6 is 11.6 Å². The van der Waals surface area contributed by atoms with Gasteiger partial charge in [0.05, 0.1) is 5.02 Å². The number of rotatable bonds is 2. The molecule has 0 aliphatic heterocycles. The SMILES string of the molecule is Cc1c(N)cccc1-c1nnnn1-c1cccc(Cl)c1F. The summed E-state index contributed by atoms with van der Waals surface area (Å²) in [6, 6.07) is 10.1. The Bertz CT molecular complexity index is 749. The summed E-state index contributed by atoms with van der Waals surface area (Å²) in [7, 11) is 0. The molecule has 0 radical (unpaired) electrons. The second kappa shape index (κ2) is 5.14. The van der Waals surface area contributed by atoms with E-state index >= 15 is 0 Å². The van der Waals surface area contributed by atoms with Gasteiger partial charge in [-0.25, -0.2) is 4.39 Å². The van der Waals surface area contributed by atoms with E-state index in [1.807, 2.05) is 13.0 Å². The number of nitrogens with zero attached hydrogens (tertiary/aromatic N) is 4. The van der Waals surface area contributed by atoms with Gasteiger partial charge in [0.15, 0.2) is 11.6 Å². The predicted octanol–water partition coefficient (Wildman–Crippen LogP) is 3.01. The highest BCUT2D eigenvalue weighted by atomic mass is 35.5. The van der Waals surface area contributed by atoms with Gasteiger partial charge in [-0.15, -0.1) is 5.10 Å². The maximum absolute atomic E-state index is 14.2. The van der Waals surface area contributed by atoms with E-state index in [2.05, 4.69) is 15.5 Å². The van der Waals surface area contributed by atoms with Gasteiger partial charge < -0.3 is 5.73 Å². The van der Waals surface area contributed by atoms with Crippen LogP contribution < -0.4 is 5.73 Å². The highest BCUT2D eigenvalue weighted by molar-refractivity contribution is 6.30. The number of nitrogen functional groups attached to an aromatic ring is 1. The Hall–Kier alpha value is -2.47. The molecule has 0 atom stereocenters. The molecule has 0 aliphatic carbocycles. The Kier molecular flexibility index (Phi) is 3.31. The van der Waals surface area contributed by atoms with Gasteiger partial charge in [0.1, 0.15) is 5.69 Å². The largest absolute Gasteiger partial charge is 0.398 e. The normalized spacial score (nSPS) is 10.8. The van der Waals surface area contributed by atoms with Crippen molar-refractivity contribution in [1.29, 1.82) is 0 Å². The zero-order valence-corrected chi connectivity index (χ0v) is 11.8. The summed E-state index contributed by atoms with van der Waals surface area (Å²) in [5.74, 6) is -0.171. The standard InChI is InChI=1S/C14H11ClFN5/c1-8-9(4-2-6-11(8)17)14-18-19-20-21(14)12-7-3-5-10(15)13(12)16/h2-7H,17H2,1H3. The first-order valence-electron chi connectivity index (χ1n) is 6.18. The maximum Gasteiger partial charge on any atom is 0.187 e. The first-order valence-corrected chi connectivity index (χ1v) is 6.55. The molecule has 21 heavy (non-hydrogen) atoms. The number of aromatic nitrogens is 4. The van der Waals surface area contributed by atoms with Crippen molar-refractivity contribution < 1.29 is 4.39 Å². The Balaban J connectivity index is 2.22. The monoisotopic (exact) mass is 303 g/mol. The third-order valence-electron chi connectivity index (χ3n) is 3.25. The van der Waals surface area contributed by atoms with Crippen LogP contribution in [0.1, 0.15) is 5.56 Å². The van der Waals surface area contributed by atoms with E-state index in [0.717, 1.165) is 11.1 Å². The quantitative estimate of drug-likeness (QED) is 0.739. The van der Waals surface area contributed by atoms with Crippen LogP contribution in [0.4, 0.5) is 10.1 Å². The summed E-state index contributed by atoms with van der Waals surface area (Å²) < 4.78 is 15.5. The zero-order chi connectivity index (χ0) is 15.0. The lowest BCUT2D eigenvalue weighted by atomic mass is 10.1. The smallest absolute Gasteiger partial charge is 0.187 e. The van der Waals surface area contributed by atoms with Gasteiger partial charge in [0, 0.05) is 11.3 Å². The molecule has 2 N–H and O–H groups in total. The molecule has 0 fully saturated rings. The highest BCUT2D eigenvalue weighted by Crippen LogP contribution is 2.28. The van der Waals surface area contributed by atoms with Crippen LogP contribution in [0.5, 0.6) is 0 Å². The summed E-state index contributed by atoms with van der Waals surface area (Å²) in [6.07, 6.45) is 0. The van der Waals surface area contributed by atoms with E-state index in [-0.39, 0.29) is 10.7 Å². The van der Waals surface area contributed by atoms with Gasteiger partial charge in [-0.1, -0.05) is 29.8 Å². The third kappa shape index (κ3) is 2.23. The summed E-state index contributed by atoms with van der Waals surface area (Å²) in [4.78, 5) is 0. The van der Waals surface area contributed by atoms with E-state index in [0.29, 0.717) is 11.5 Å². The molecule has 2 aromatic carbocycles. The minimum atomic E-state index is -0.575. The van der Waals surface area contributed by atoms with Crippen LogP contribution in [0.2, 0.25) is 5.02 Å². The van der Waals surface area contributed by atoms with Crippen molar-refractivity contribution in [2.45, 2.75) is 6.92 Å². The lowest BCUT2D eigenvalue weighted by molar-refractivity contribution is 0.608. The Morgan fingerprint density at radius 2 is 1.95 bits per heavy atom.